The van der Waals surface area contributed by atoms with E-state index in [9.17, 15) is 0 Å². The summed E-state index contributed by atoms with van der Waals surface area (Å²) < 4.78 is 0. The predicted octanol–water partition coefficient (Wildman–Crippen LogP) is 6.60. The van der Waals surface area contributed by atoms with E-state index in [1.54, 1.807) is 10.4 Å². The van der Waals surface area contributed by atoms with E-state index in [2.05, 4.69) is 89.5 Å². The lowest BCUT2D eigenvalue weighted by atomic mass is 9.92. The highest BCUT2D eigenvalue weighted by atomic mass is 79.9. The lowest BCUT2D eigenvalue weighted by molar-refractivity contribution is 1.08. The van der Waals surface area contributed by atoms with Gasteiger partial charge in [-0.15, -0.1) is 0 Å². The second-order valence-electron chi connectivity index (χ2n) is 8.23. The molecule has 0 radical (unpaired) electrons. The Balaban J connectivity index is 1.60. The first kappa shape index (κ1) is 17.1. The summed E-state index contributed by atoms with van der Waals surface area (Å²) in [5.74, 6) is 0. The average Bonchev–Trinajstić information content (AvgIpc) is 3.23. The lowest BCUT2D eigenvalue weighted by Gasteiger charge is -2.32. The third kappa shape index (κ3) is 2.52. The van der Waals surface area contributed by atoms with E-state index in [4.69, 9.17) is 0 Å². The zero-order valence-corrected chi connectivity index (χ0v) is 18.5. The number of hydrogen-bond donors (Lipinski definition) is 0. The van der Waals surface area contributed by atoms with Crippen LogP contribution in [0.3, 0.4) is 0 Å². The average molecular weight is 432 g/mol. The molecule has 27 heavy (non-hydrogen) atoms. The standard InChI is InChI=1S/C24H22BrNSi/c1-15-11-20-21(14-22-19(23(20)25)9-6-10-26-22)24(15)27(2,3)18-12-16-7-4-5-8-17(16)13-18/h4-12,14,23H,13H2,1-3H3. The van der Waals surface area contributed by atoms with Crippen molar-refractivity contribution in [3.8, 4) is 0 Å². The molecule has 5 rings (SSSR count). The van der Waals surface area contributed by atoms with Gasteiger partial charge in [-0.3, -0.25) is 4.98 Å². The lowest BCUT2D eigenvalue weighted by Crippen LogP contribution is -2.34. The molecule has 0 fully saturated rings. The first-order valence-electron chi connectivity index (χ1n) is 9.50. The topological polar surface area (TPSA) is 12.9 Å². The highest BCUT2D eigenvalue weighted by Gasteiger charge is 2.41. The smallest absolute Gasteiger partial charge is 0.109 e. The van der Waals surface area contributed by atoms with Gasteiger partial charge in [-0.2, -0.15) is 0 Å². The van der Waals surface area contributed by atoms with Crippen LogP contribution in [0.1, 0.15) is 34.1 Å². The minimum atomic E-state index is -1.79. The summed E-state index contributed by atoms with van der Waals surface area (Å²) >= 11 is 3.95. The molecule has 3 aliphatic carbocycles. The van der Waals surface area contributed by atoms with Crippen LogP contribution in [0.4, 0.5) is 0 Å². The summed E-state index contributed by atoms with van der Waals surface area (Å²) in [6.07, 6.45) is 10.2. The van der Waals surface area contributed by atoms with Crippen LogP contribution in [0.5, 0.6) is 0 Å². The van der Waals surface area contributed by atoms with Gasteiger partial charge in [0, 0.05) is 6.20 Å². The van der Waals surface area contributed by atoms with Gasteiger partial charge in [0.15, 0.2) is 0 Å². The molecule has 1 unspecified atom stereocenters. The number of allylic oxidation sites excluding steroid dienone is 6. The van der Waals surface area contributed by atoms with E-state index < -0.39 is 8.07 Å². The number of hydrogen-bond acceptors (Lipinski definition) is 1. The van der Waals surface area contributed by atoms with Gasteiger partial charge in [0.05, 0.1) is 10.5 Å². The number of alkyl halides is 1. The van der Waals surface area contributed by atoms with Gasteiger partial charge in [-0.25, -0.2) is 0 Å². The van der Waals surface area contributed by atoms with Gasteiger partial charge in [-0.05, 0) is 58.5 Å². The summed E-state index contributed by atoms with van der Waals surface area (Å²) in [7, 11) is -1.79. The van der Waals surface area contributed by atoms with E-state index in [1.165, 1.54) is 33.4 Å². The van der Waals surface area contributed by atoms with E-state index >= 15 is 0 Å². The van der Waals surface area contributed by atoms with Crippen LogP contribution in [-0.2, 0) is 6.42 Å². The second-order valence-corrected chi connectivity index (χ2v) is 13.5. The molecule has 1 aromatic carbocycles. The zero-order chi connectivity index (χ0) is 18.8. The molecule has 0 spiro atoms. The summed E-state index contributed by atoms with van der Waals surface area (Å²) in [6.45, 7) is 7.31. The maximum Gasteiger partial charge on any atom is 0.109 e. The van der Waals surface area contributed by atoms with Crippen LogP contribution in [-0.4, -0.2) is 13.1 Å². The molecule has 1 heterocycles. The number of aromatic nitrogens is 1. The maximum atomic E-state index is 4.65. The molecule has 134 valence electrons. The molecule has 1 aromatic heterocycles. The maximum absolute atomic E-state index is 4.65. The highest BCUT2D eigenvalue weighted by molar-refractivity contribution is 9.09. The molecule has 0 aliphatic heterocycles. The Morgan fingerprint density at radius 1 is 1.04 bits per heavy atom. The van der Waals surface area contributed by atoms with E-state index in [1.807, 2.05) is 12.3 Å². The summed E-state index contributed by atoms with van der Waals surface area (Å²) in [6, 6.07) is 13.0. The van der Waals surface area contributed by atoms with Crippen LogP contribution >= 0.6 is 15.9 Å². The van der Waals surface area contributed by atoms with Crippen molar-refractivity contribution >= 4 is 36.2 Å². The number of fused-ring (bicyclic) bond motifs is 3. The predicted molar refractivity (Wildman–Crippen MR) is 120 cm³/mol. The minimum absolute atomic E-state index is 0.230. The normalized spacial score (nSPS) is 20.6. The first-order valence-corrected chi connectivity index (χ1v) is 13.4. The molecule has 1 atom stereocenters. The summed E-state index contributed by atoms with van der Waals surface area (Å²) in [5.41, 5.74) is 9.50. The van der Waals surface area contributed by atoms with Crippen molar-refractivity contribution < 1.29 is 0 Å². The molecular formula is C24H22BrNSi. The molecule has 1 nitrogen and oxygen atoms in total. The Morgan fingerprint density at radius 2 is 1.85 bits per heavy atom. The zero-order valence-electron chi connectivity index (χ0n) is 15.9. The molecule has 0 amide bonds. The number of benzene rings is 1. The summed E-state index contributed by atoms with van der Waals surface area (Å²) in [5, 5.41) is 3.21. The van der Waals surface area contributed by atoms with E-state index in [0.717, 1.165) is 12.1 Å². The van der Waals surface area contributed by atoms with Crippen molar-refractivity contribution in [3.63, 3.8) is 0 Å². The van der Waals surface area contributed by atoms with Crippen LogP contribution in [0.25, 0.3) is 12.2 Å². The second kappa shape index (κ2) is 6.01. The summed E-state index contributed by atoms with van der Waals surface area (Å²) in [4.78, 5) is 4.88. The quantitative estimate of drug-likeness (QED) is 0.385. The monoisotopic (exact) mass is 431 g/mol. The number of nitrogens with zero attached hydrogens (tertiary/aromatic N) is 1. The van der Waals surface area contributed by atoms with Crippen molar-refractivity contribution in [1.82, 2.24) is 4.98 Å². The minimum Gasteiger partial charge on any atom is -0.257 e. The Labute approximate surface area is 170 Å². The van der Waals surface area contributed by atoms with Crippen LogP contribution in [0, 0.1) is 0 Å². The Hall–Kier alpha value is -1.97. The van der Waals surface area contributed by atoms with Crippen LogP contribution in [0.15, 0.2) is 75.8 Å². The first-order chi connectivity index (χ1) is 13.0. The Kier molecular flexibility index (Phi) is 3.82. The number of rotatable bonds is 2. The van der Waals surface area contributed by atoms with Crippen molar-refractivity contribution in [1.29, 1.82) is 0 Å². The molecule has 3 heteroatoms. The van der Waals surface area contributed by atoms with E-state index in [0.29, 0.717) is 0 Å². The molecular weight excluding hydrogens is 410 g/mol. The fourth-order valence-electron chi connectivity index (χ4n) is 4.85. The highest BCUT2D eigenvalue weighted by Crippen LogP contribution is 2.51. The van der Waals surface area contributed by atoms with Gasteiger partial charge < -0.3 is 0 Å². The largest absolute Gasteiger partial charge is 0.257 e. The molecule has 0 N–H and O–H groups in total. The molecule has 0 bridgehead atoms. The van der Waals surface area contributed by atoms with Gasteiger partial charge >= 0.3 is 0 Å². The number of halogens is 1. The molecule has 3 aliphatic rings. The van der Waals surface area contributed by atoms with E-state index in [-0.39, 0.29) is 4.83 Å². The van der Waals surface area contributed by atoms with Crippen molar-refractivity contribution in [3.05, 3.63) is 98.2 Å². The van der Waals surface area contributed by atoms with Crippen molar-refractivity contribution in [2.75, 3.05) is 0 Å². The van der Waals surface area contributed by atoms with Gasteiger partial charge in [-0.1, -0.05) is 82.3 Å². The Bertz CT molecular complexity index is 1100. The fraction of sp³-hybridized carbons (Fsp3) is 0.208. The third-order valence-electron chi connectivity index (χ3n) is 6.24. The fourth-order valence-corrected chi connectivity index (χ4v) is 9.03. The van der Waals surface area contributed by atoms with Crippen LogP contribution in [0.2, 0.25) is 13.1 Å². The Morgan fingerprint density at radius 3 is 2.67 bits per heavy atom. The van der Waals surface area contributed by atoms with Gasteiger partial charge in [0.1, 0.15) is 8.07 Å². The van der Waals surface area contributed by atoms with Gasteiger partial charge in [0.25, 0.3) is 0 Å². The molecule has 0 saturated carbocycles. The van der Waals surface area contributed by atoms with Crippen molar-refractivity contribution in [2.24, 2.45) is 0 Å². The van der Waals surface area contributed by atoms with Gasteiger partial charge in [0.2, 0.25) is 0 Å². The number of pyridine rings is 1. The third-order valence-corrected chi connectivity index (χ3v) is 11.1. The molecule has 2 aromatic rings. The van der Waals surface area contributed by atoms with Crippen molar-refractivity contribution in [2.45, 2.75) is 31.3 Å². The SMILES string of the molecule is CC1=C([Si](C)(C)C2=Cc3ccccc3C2)C2=Cc3ncccc3C(Br)C2=C1. The molecule has 0 saturated heterocycles. The van der Waals surface area contributed by atoms with Crippen LogP contribution < -0.4 is 0 Å².